The van der Waals surface area contributed by atoms with Gasteiger partial charge in [-0.15, -0.1) is 0 Å². The molecule has 1 N–H and O–H groups in total. The van der Waals surface area contributed by atoms with Crippen LogP contribution in [-0.4, -0.2) is 22.8 Å². The van der Waals surface area contributed by atoms with Crippen molar-refractivity contribution in [3.05, 3.63) is 101 Å². The van der Waals surface area contributed by atoms with Gasteiger partial charge in [-0.05, 0) is 55.0 Å². The van der Waals surface area contributed by atoms with Crippen LogP contribution in [0.25, 0.3) is 6.08 Å². The molecule has 31 heavy (non-hydrogen) atoms. The first-order valence-electron chi connectivity index (χ1n) is 9.76. The summed E-state index contributed by atoms with van der Waals surface area (Å²) in [5.74, 6) is 0.685. The van der Waals surface area contributed by atoms with Crippen molar-refractivity contribution in [1.29, 1.82) is 0 Å². The van der Waals surface area contributed by atoms with E-state index in [1.165, 1.54) is 5.01 Å². The molecule has 7 heteroatoms. The van der Waals surface area contributed by atoms with Gasteiger partial charge in [0.2, 0.25) is 11.9 Å². The number of carbonyl (C=O) groups is 1. The molecule has 2 heterocycles. The molecule has 0 spiro atoms. The van der Waals surface area contributed by atoms with Gasteiger partial charge in [0.05, 0.1) is 11.4 Å². The molecule has 2 aliphatic heterocycles. The summed E-state index contributed by atoms with van der Waals surface area (Å²) in [5, 5.41) is 2.04. The third-order valence-electron chi connectivity index (χ3n) is 4.92. The van der Waals surface area contributed by atoms with Crippen molar-refractivity contribution in [3.8, 4) is 0 Å². The summed E-state index contributed by atoms with van der Waals surface area (Å²) < 4.78 is 0. The summed E-state index contributed by atoms with van der Waals surface area (Å²) in [6.45, 7) is 2.02. The fraction of sp³-hybridized carbons (Fsp3) is 0.0417. The number of amides is 1. The molecule has 0 unspecified atom stereocenters. The molecule has 3 aromatic rings. The Hall–Kier alpha value is -3.90. The minimum absolute atomic E-state index is 0.244. The first-order valence-corrected chi connectivity index (χ1v) is 10.1. The Kier molecular flexibility index (Phi) is 4.76. The lowest BCUT2D eigenvalue weighted by molar-refractivity contribution is -0.123. The number of nitrogens with one attached hydrogen (secondary N) is 1. The van der Waals surface area contributed by atoms with Crippen LogP contribution < -0.4 is 10.3 Å². The van der Waals surface area contributed by atoms with Gasteiger partial charge in [-0.3, -0.25) is 10.2 Å². The van der Waals surface area contributed by atoms with Crippen molar-refractivity contribution < 1.29 is 4.79 Å². The van der Waals surface area contributed by atoms with Crippen LogP contribution in [0.15, 0.2) is 94.5 Å². The molecule has 1 amide bonds. The van der Waals surface area contributed by atoms with Crippen LogP contribution in [0.5, 0.6) is 0 Å². The molecule has 1 saturated heterocycles. The van der Waals surface area contributed by atoms with Gasteiger partial charge in [0.15, 0.2) is 0 Å². The van der Waals surface area contributed by atoms with Gasteiger partial charge in [-0.2, -0.15) is 5.01 Å². The van der Waals surface area contributed by atoms with E-state index in [0.717, 1.165) is 22.5 Å². The Bertz CT molecular complexity index is 1230. The molecule has 3 aromatic carbocycles. The van der Waals surface area contributed by atoms with E-state index >= 15 is 0 Å². The maximum atomic E-state index is 13.0. The predicted molar refractivity (Wildman–Crippen MR) is 124 cm³/mol. The molecule has 1 fully saturated rings. The molecule has 152 valence electrons. The Labute approximate surface area is 184 Å². The van der Waals surface area contributed by atoms with Crippen molar-refractivity contribution in [2.75, 3.05) is 4.90 Å². The number of halogens is 1. The van der Waals surface area contributed by atoms with Crippen molar-refractivity contribution in [3.63, 3.8) is 0 Å². The molecule has 2 aliphatic rings. The van der Waals surface area contributed by atoms with Crippen LogP contribution >= 0.6 is 11.6 Å². The Balaban J connectivity index is 1.59. The number of hydrazine groups is 1. The largest absolute Gasteiger partial charge is 0.298 e. The Morgan fingerprint density at radius 2 is 1.68 bits per heavy atom. The van der Waals surface area contributed by atoms with Crippen molar-refractivity contribution in [1.82, 2.24) is 10.4 Å². The van der Waals surface area contributed by atoms with Gasteiger partial charge < -0.3 is 0 Å². The molecule has 0 atom stereocenters. The summed E-state index contributed by atoms with van der Waals surface area (Å²) in [6.07, 6.45) is 1.77. The minimum atomic E-state index is -0.244. The van der Waals surface area contributed by atoms with E-state index < -0.39 is 0 Å². The van der Waals surface area contributed by atoms with E-state index in [9.17, 15) is 4.79 Å². The standard InChI is InChI=1S/C24H18ClN5O/c1-16-7-11-19(12-8-16)26-23-28-30-22(31)21(15-17-5-3-2-4-6-17)27-24(30)29(23)20-13-9-18(25)10-14-20/h2-15H,1H3,(H,26,28)/b21-15-. The zero-order valence-corrected chi connectivity index (χ0v) is 17.4. The number of rotatable bonds is 3. The lowest BCUT2D eigenvalue weighted by Crippen LogP contribution is -2.38. The average Bonchev–Trinajstić information content (AvgIpc) is 3.27. The molecule has 0 saturated carbocycles. The summed E-state index contributed by atoms with van der Waals surface area (Å²) in [5.41, 5.74) is 7.06. The van der Waals surface area contributed by atoms with Gasteiger partial charge in [0.25, 0.3) is 5.91 Å². The number of carbonyl (C=O) groups excluding carboxylic acids is 1. The molecular weight excluding hydrogens is 410 g/mol. The van der Waals surface area contributed by atoms with E-state index in [-0.39, 0.29) is 5.91 Å². The Morgan fingerprint density at radius 3 is 2.39 bits per heavy atom. The topological polar surface area (TPSA) is 60.3 Å². The highest BCUT2D eigenvalue weighted by atomic mass is 35.5. The number of benzene rings is 3. The smallest absolute Gasteiger partial charge is 0.265 e. The second-order valence-corrected chi connectivity index (χ2v) is 7.62. The normalized spacial score (nSPS) is 17.9. The minimum Gasteiger partial charge on any atom is -0.265 e. The predicted octanol–water partition coefficient (Wildman–Crippen LogP) is 4.90. The molecular formula is C24H18ClN5O. The molecule has 0 bridgehead atoms. The third kappa shape index (κ3) is 3.69. The lowest BCUT2D eigenvalue weighted by atomic mass is 10.2. The highest BCUT2D eigenvalue weighted by Gasteiger charge is 2.43. The first kappa shape index (κ1) is 19.1. The maximum Gasteiger partial charge on any atom is 0.298 e. The van der Waals surface area contributed by atoms with Crippen molar-refractivity contribution in [2.24, 2.45) is 9.98 Å². The van der Waals surface area contributed by atoms with Gasteiger partial charge in [0, 0.05) is 5.02 Å². The molecule has 0 aromatic heterocycles. The molecule has 0 aliphatic carbocycles. The number of fused-ring (bicyclic) bond motifs is 1. The molecule has 0 radical (unpaired) electrons. The summed E-state index contributed by atoms with van der Waals surface area (Å²) in [7, 11) is 0. The van der Waals surface area contributed by atoms with Gasteiger partial charge in [0.1, 0.15) is 5.70 Å². The van der Waals surface area contributed by atoms with Crippen LogP contribution in [0.1, 0.15) is 11.1 Å². The number of aliphatic imine (C=N–C) groups is 2. The summed E-state index contributed by atoms with van der Waals surface area (Å²) in [4.78, 5) is 24.2. The fourth-order valence-electron chi connectivity index (χ4n) is 3.35. The molecule has 6 nitrogen and oxygen atoms in total. The first-order chi connectivity index (χ1) is 15.1. The fourth-order valence-corrected chi connectivity index (χ4v) is 3.48. The zero-order valence-electron chi connectivity index (χ0n) is 16.7. The highest BCUT2D eigenvalue weighted by Crippen LogP contribution is 2.29. The zero-order chi connectivity index (χ0) is 21.4. The highest BCUT2D eigenvalue weighted by molar-refractivity contribution is 6.32. The van der Waals surface area contributed by atoms with Crippen molar-refractivity contribution in [2.45, 2.75) is 6.92 Å². The number of aryl methyl sites for hydroxylation is 1. The van der Waals surface area contributed by atoms with Gasteiger partial charge >= 0.3 is 0 Å². The van der Waals surface area contributed by atoms with E-state index in [2.05, 4.69) is 10.4 Å². The quantitative estimate of drug-likeness (QED) is 0.605. The monoisotopic (exact) mass is 427 g/mol. The lowest BCUT2D eigenvalue weighted by Gasteiger charge is -2.16. The van der Waals surface area contributed by atoms with E-state index in [1.807, 2.05) is 73.7 Å². The number of nitrogens with zero attached hydrogens (tertiary/aromatic N) is 4. The van der Waals surface area contributed by atoms with E-state index in [0.29, 0.717) is 22.6 Å². The van der Waals surface area contributed by atoms with E-state index in [1.54, 1.807) is 23.1 Å². The second-order valence-electron chi connectivity index (χ2n) is 7.19. The van der Waals surface area contributed by atoms with Crippen LogP contribution in [0.4, 0.5) is 11.4 Å². The SMILES string of the molecule is Cc1ccc(N=C2NN3C(=O)/C(=C/c4ccccc4)N=C3N2c2ccc(Cl)cc2)cc1. The van der Waals surface area contributed by atoms with Crippen molar-refractivity contribution >= 4 is 46.9 Å². The summed E-state index contributed by atoms with van der Waals surface area (Å²) >= 11 is 6.08. The average molecular weight is 428 g/mol. The Morgan fingerprint density at radius 1 is 0.968 bits per heavy atom. The number of anilines is 1. The van der Waals surface area contributed by atoms with E-state index in [4.69, 9.17) is 16.6 Å². The van der Waals surface area contributed by atoms with Crippen LogP contribution in [0.2, 0.25) is 5.02 Å². The maximum absolute atomic E-state index is 13.0. The third-order valence-corrected chi connectivity index (χ3v) is 5.17. The van der Waals surface area contributed by atoms with Gasteiger partial charge in [-0.1, -0.05) is 59.6 Å². The number of guanidine groups is 2. The van der Waals surface area contributed by atoms with Crippen LogP contribution in [0.3, 0.4) is 0 Å². The summed E-state index contributed by atoms with van der Waals surface area (Å²) in [6, 6.07) is 24.8. The van der Waals surface area contributed by atoms with Gasteiger partial charge in [-0.25, -0.2) is 14.9 Å². The number of hydrogen-bond donors (Lipinski definition) is 1. The number of hydrogen-bond acceptors (Lipinski definition) is 3. The second kappa shape index (κ2) is 7.74. The molecule has 5 rings (SSSR count). The van der Waals surface area contributed by atoms with Crippen LogP contribution in [-0.2, 0) is 4.79 Å². The van der Waals surface area contributed by atoms with Crippen LogP contribution in [0, 0.1) is 6.92 Å².